The van der Waals surface area contributed by atoms with E-state index in [1.54, 1.807) is 43.3 Å². The van der Waals surface area contributed by atoms with Gasteiger partial charge in [0.25, 0.3) is 0 Å². The number of para-hydroxylation sites is 1. The lowest BCUT2D eigenvalue weighted by Crippen LogP contribution is -2.44. The number of fused-ring (bicyclic) bond motifs is 3. The molecule has 2 aliphatic heterocycles. The number of hydroxylamine groups is 2. The van der Waals surface area contributed by atoms with Gasteiger partial charge in [0.15, 0.2) is 9.84 Å². The summed E-state index contributed by atoms with van der Waals surface area (Å²) in [7, 11) is -3.78. The van der Waals surface area contributed by atoms with E-state index in [1.165, 1.54) is 5.06 Å². The Morgan fingerprint density at radius 2 is 1.94 bits per heavy atom. The van der Waals surface area contributed by atoms with Gasteiger partial charge in [0, 0.05) is 5.69 Å². The molecule has 0 aromatic heterocycles. The van der Waals surface area contributed by atoms with Crippen LogP contribution >= 0.6 is 0 Å². The normalized spacial score (nSPS) is 23.4. The number of amides is 1. The predicted octanol–water partition coefficient (Wildman–Crippen LogP) is 2.40. The number of nitrogens with zero attached hydrogens (tertiary/aromatic N) is 1. The van der Waals surface area contributed by atoms with Crippen molar-refractivity contribution >= 4 is 27.4 Å². The highest BCUT2D eigenvalue weighted by molar-refractivity contribution is 7.92. The van der Waals surface area contributed by atoms with Crippen LogP contribution in [0.15, 0.2) is 53.4 Å². The highest BCUT2D eigenvalue weighted by Gasteiger charge is 2.52. The zero-order valence-electron chi connectivity index (χ0n) is 17.3. The molecule has 31 heavy (non-hydrogen) atoms. The van der Waals surface area contributed by atoms with Crippen molar-refractivity contribution in [3.63, 3.8) is 0 Å². The first kappa shape index (κ1) is 21.5. The van der Waals surface area contributed by atoms with Gasteiger partial charge in [0.05, 0.1) is 30.6 Å². The monoisotopic (exact) mass is 444 g/mol. The molecule has 0 spiro atoms. The molecular weight excluding hydrogens is 420 g/mol. The van der Waals surface area contributed by atoms with Crippen LogP contribution in [-0.4, -0.2) is 49.9 Å². The van der Waals surface area contributed by atoms with E-state index in [-0.39, 0.29) is 24.5 Å². The molecule has 4 rings (SSSR count). The number of carbonyl (C=O) groups excluding carboxylic acids is 2. The van der Waals surface area contributed by atoms with Crippen LogP contribution in [0.1, 0.15) is 30.5 Å². The molecule has 1 N–H and O–H groups in total. The molecule has 1 amide bonds. The van der Waals surface area contributed by atoms with E-state index in [1.807, 2.05) is 19.1 Å². The fraction of sp³-hybridized carbons (Fsp3) is 0.364. The summed E-state index contributed by atoms with van der Waals surface area (Å²) in [5.41, 5.74) is 1.99. The first-order valence-corrected chi connectivity index (χ1v) is 11.7. The van der Waals surface area contributed by atoms with Gasteiger partial charge in [-0.1, -0.05) is 36.4 Å². The molecule has 2 aromatic carbocycles. The summed E-state index contributed by atoms with van der Waals surface area (Å²) >= 11 is 0. The van der Waals surface area contributed by atoms with Crippen LogP contribution in [0.3, 0.4) is 0 Å². The topological polar surface area (TPSA) is 102 Å². The van der Waals surface area contributed by atoms with Crippen molar-refractivity contribution in [1.82, 2.24) is 5.06 Å². The third kappa shape index (κ3) is 3.84. The lowest BCUT2D eigenvalue weighted by Gasteiger charge is -2.28. The number of nitrogens with one attached hydrogen (secondary N) is 1. The van der Waals surface area contributed by atoms with Crippen molar-refractivity contribution in [3.05, 3.63) is 59.7 Å². The van der Waals surface area contributed by atoms with E-state index in [4.69, 9.17) is 9.57 Å². The van der Waals surface area contributed by atoms with Crippen molar-refractivity contribution < 1.29 is 27.6 Å². The number of hydrogen-bond acceptors (Lipinski definition) is 7. The maximum Gasteiger partial charge on any atom is 0.308 e. The zero-order chi connectivity index (χ0) is 22.2. The number of anilines is 1. The van der Waals surface area contributed by atoms with E-state index < -0.39 is 39.0 Å². The van der Waals surface area contributed by atoms with Crippen molar-refractivity contribution in [2.75, 3.05) is 18.5 Å². The first-order chi connectivity index (χ1) is 14.8. The fourth-order valence-corrected chi connectivity index (χ4v) is 5.88. The summed E-state index contributed by atoms with van der Waals surface area (Å²) < 4.78 is 32.0. The van der Waals surface area contributed by atoms with Crippen molar-refractivity contribution in [2.24, 2.45) is 0 Å². The van der Waals surface area contributed by atoms with Crippen LogP contribution in [0.25, 0.3) is 0 Å². The van der Waals surface area contributed by atoms with Crippen LogP contribution in [0.4, 0.5) is 5.69 Å². The minimum absolute atomic E-state index is 0.123. The Hall–Kier alpha value is -2.75. The van der Waals surface area contributed by atoms with E-state index in [9.17, 15) is 18.0 Å². The molecule has 0 unspecified atom stereocenters. The van der Waals surface area contributed by atoms with Gasteiger partial charge in [-0.15, -0.1) is 0 Å². The Morgan fingerprint density at radius 3 is 2.65 bits per heavy atom. The molecule has 9 heteroatoms. The van der Waals surface area contributed by atoms with Gasteiger partial charge >= 0.3 is 5.97 Å². The third-order valence-electron chi connectivity index (χ3n) is 5.63. The highest BCUT2D eigenvalue weighted by Crippen LogP contribution is 2.44. The van der Waals surface area contributed by atoms with Crippen molar-refractivity contribution in [3.8, 4) is 0 Å². The van der Waals surface area contributed by atoms with Crippen LogP contribution < -0.4 is 5.32 Å². The molecule has 8 nitrogen and oxygen atoms in total. The van der Waals surface area contributed by atoms with Crippen LogP contribution in [0, 0.1) is 6.92 Å². The average molecular weight is 445 g/mol. The quantitative estimate of drug-likeness (QED) is 0.707. The van der Waals surface area contributed by atoms with Crippen molar-refractivity contribution in [2.45, 2.75) is 42.5 Å². The number of aryl methyl sites for hydroxylation is 1. The largest absolute Gasteiger partial charge is 0.466 e. The molecule has 0 radical (unpaired) electrons. The van der Waals surface area contributed by atoms with Crippen LogP contribution in [0.2, 0.25) is 0 Å². The molecule has 2 aromatic rings. The smallest absolute Gasteiger partial charge is 0.308 e. The standard InChI is InChI=1S/C22H24N2O6S/c1-3-29-19(25)12-17-22(26)23-20-14(2)8-7-11-16(20)21-18(13-30-24(17)21)31(27,28)15-9-5-4-6-10-15/h4-11,17-18,21H,3,12-13H2,1-2H3,(H,23,26)/t17-,18-,21-/m1/s1. The lowest BCUT2D eigenvalue weighted by molar-refractivity contribution is -0.178. The van der Waals surface area contributed by atoms with Gasteiger partial charge in [0.2, 0.25) is 5.91 Å². The lowest BCUT2D eigenvalue weighted by atomic mass is 9.99. The molecular formula is C22H24N2O6S. The first-order valence-electron chi connectivity index (χ1n) is 10.1. The number of rotatable bonds is 5. The second-order valence-electron chi connectivity index (χ2n) is 7.55. The molecule has 0 bridgehead atoms. The number of ether oxygens (including phenoxy) is 1. The van der Waals surface area contributed by atoms with Gasteiger partial charge in [-0.3, -0.25) is 14.4 Å². The van der Waals surface area contributed by atoms with E-state index in [2.05, 4.69) is 5.32 Å². The Bertz CT molecular complexity index is 1100. The summed E-state index contributed by atoms with van der Waals surface area (Å²) in [5.74, 6) is -0.995. The Labute approximate surface area is 181 Å². The predicted molar refractivity (Wildman–Crippen MR) is 113 cm³/mol. The minimum atomic E-state index is -3.78. The second-order valence-corrected chi connectivity index (χ2v) is 9.72. The zero-order valence-corrected chi connectivity index (χ0v) is 18.1. The Balaban J connectivity index is 1.81. The SMILES string of the molecule is CCOC(=O)C[C@@H]1C(=O)Nc2c(C)cccc2[C@@H]2[C@H](S(=O)(=O)c3ccccc3)CON12. The average Bonchev–Trinajstić information content (AvgIpc) is 3.15. The summed E-state index contributed by atoms with van der Waals surface area (Å²) in [6.45, 7) is 3.58. The number of carbonyl (C=O) groups is 2. The van der Waals surface area contributed by atoms with Crippen LogP contribution in [-0.2, 0) is 29.0 Å². The molecule has 2 heterocycles. The fourth-order valence-electron chi connectivity index (χ4n) is 4.15. The minimum Gasteiger partial charge on any atom is -0.466 e. The Kier molecular flexibility index (Phi) is 5.83. The number of esters is 1. The molecule has 3 atom stereocenters. The maximum atomic E-state index is 13.5. The molecule has 0 aliphatic carbocycles. The number of sulfone groups is 1. The van der Waals surface area contributed by atoms with Gasteiger partial charge in [-0.05, 0) is 37.1 Å². The summed E-state index contributed by atoms with van der Waals surface area (Å²) in [6, 6.07) is 11.8. The third-order valence-corrected chi connectivity index (χ3v) is 7.75. The van der Waals surface area contributed by atoms with Gasteiger partial charge < -0.3 is 10.1 Å². The molecule has 164 valence electrons. The molecule has 1 fully saturated rings. The van der Waals surface area contributed by atoms with Gasteiger partial charge in [-0.2, -0.15) is 5.06 Å². The van der Waals surface area contributed by atoms with Gasteiger partial charge in [-0.25, -0.2) is 8.42 Å². The Morgan fingerprint density at radius 1 is 1.19 bits per heavy atom. The number of benzene rings is 2. The number of hydrogen-bond donors (Lipinski definition) is 1. The summed E-state index contributed by atoms with van der Waals surface area (Å²) in [6.07, 6.45) is -0.249. The van der Waals surface area contributed by atoms with E-state index in [0.29, 0.717) is 11.3 Å². The molecule has 1 saturated heterocycles. The van der Waals surface area contributed by atoms with E-state index >= 15 is 0 Å². The van der Waals surface area contributed by atoms with Crippen LogP contribution in [0.5, 0.6) is 0 Å². The summed E-state index contributed by atoms with van der Waals surface area (Å²) in [5, 5.41) is 3.28. The van der Waals surface area contributed by atoms with E-state index in [0.717, 1.165) is 5.56 Å². The summed E-state index contributed by atoms with van der Waals surface area (Å²) in [4.78, 5) is 31.2. The van der Waals surface area contributed by atoms with Gasteiger partial charge in [0.1, 0.15) is 11.3 Å². The molecule has 2 aliphatic rings. The van der Waals surface area contributed by atoms with Crippen molar-refractivity contribution in [1.29, 1.82) is 0 Å². The highest BCUT2D eigenvalue weighted by atomic mass is 32.2. The molecule has 0 saturated carbocycles. The second kappa shape index (κ2) is 8.41. The maximum absolute atomic E-state index is 13.5.